The number of hydrogen-bond donors (Lipinski definition) is 3. The fourth-order valence-electron chi connectivity index (χ4n) is 4.56. The number of benzene rings is 1. The number of carbonyl (C=O) groups excluding carboxylic acids is 1. The summed E-state index contributed by atoms with van der Waals surface area (Å²) in [6.45, 7) is 6.27. The lowest BCUT2D eigenvalue weighted by Crippen LogP contribution is -2.37. The van der Waals surface area contributed by atoms with Crippen molar-refractivity contribution in [2.24, 2.45) is 11.8 Å². The Morgan fingerprint density at radius 2 is 1.95 bits per heavy atom. The predicted octanol–water partition coefficient (Wildman–Crippen LogP) is 3.05. The number of imidazole rings is 1. The first-order valence-electron chi connectivity index (χ1n) is 12.2. The highest BCUT2D eigenvalue weighted by atomic mass is 31.2. The van der Waals surface area contributed by atoms with Gasteiger partial charge < -0.3 is 24.7 Å². The van der Waals surface area contributed by atoms with Gasteiger partial charge in [-0.05, 0) is 38.8 Å². The molecule has 14 heteroatoms. The Balaban J connectivity index is 1.54. The van der Waals surface area contributed by atoms with Crippen LogP contribution in [0.15, 0.2) is 43.0 Å². The van der Waals surface area contributed by atoms with Crippen molar-refractivity contribution in [1.82, 2.24) is 24.6 Å². The molecule has 0 aliphatic heterocycles. The van der Waals surface area contributed by atoms with E-state index in [4.69, 9.17) is 19.5 Å². The summed E-state index contributed by atoms with van der Waals surface area (Å²) in [4.78, 5) is 24.6. The lowest BCUT2D eigenvalue weighted by atomic mass is 9.95. The number of aromatic nitrogens is 4. The summed E-state index contributed by atoms with van der Waals surface area (Å²) in [7, 11) is -4.19. The van der Waals surface area contributed by atoms with Gasteiger partial charge in [-0.15, -0.1) is 0 Å². The number of rotatable bonds is 10. The summed E-state index contributed by atoms with van der Waals surface area (Å²) in [6.07, 6.45) is -0.856. The molecule has 38 heavy (non-hydrogen) atoms. The second-order valence-electron chi connectivity index (χ2n) is 9.57. The number of carbonyl (C=O) groups is 1. The van der Waals surface area contributed by atoms with E-state index in [9.17, 15) is 14.5 Å². The van der Waals surface area contributed by atoms with Crippen LogP contribution in [0.4, 0.5) is 10.2 Å². The lowest BCUT2D eigenvalue weighted by Gasteiger charge is -2.26. The molecule has 206 valence electrons. The van der Waals surface area contributed by atoms with E-state index in [0.717, 1.165) is 0 Å². The van der Waals surface area contributed by atoms with E-state index in [1.54, 1.807) is 51.1 Å². The number of para-hydroxylation sites is 1. The van der Waals surface area contributed by atoms with Crippen molar-refractivity contribution in [2.45, 2.75) is 58.2 Å². The lowest BCUT2D eigenvalue weighted by molar-refractivity contribution is -0.149. The average molecular weight is 551 g/mol. The molecule has 0 amide bonds. The first-order valence-corrected chi connectivity index (χ1v) is 13.8. The zero-order valence-corrected chi connectivity index (χ0v) is 22.4. The van der Waals surface area contributed by atoms with Gasteiger partial charge >= 0.3 is 13.7 Å². The second kappa shape index (κ2) is 11.3. The number of anilines is 1. The quantitative estimate of drug-likeness (QED) is 0.251. The van der Waals surface area contributed by atoms with E-state index >= 15 is 4.39 Å². The fraction of sp³-hybridized carbons (Fsp3) is 0.500. The Morgan fingerprint density at radius 1 is 1.24 bits per heavy atom. The van der Waals surface area contributed by atoms with E-state index in [2.05, 4.69) is 20.0 Å². The number of nitrogens with zero attached hydrogens (tertiary/aromatic N) is 4. The molecule has 0 spiro atoms. The maximum Gasteiger partial charge on any atom is 0.459 e. The normalized spacial score (nSPS) is 25.8. The molecule has 2 heterocycles. The van der Waals surface area contributed by atoms with Crippen LogP contribution in [0.25, 0.3) is 11.2 Å². The van der Waals surface area contributed by atoms with E-state index in [-0.39, 0.29) is 24.3 Å². The number of ether oxygens (including phenoxy) is 1. The molecule has 7 atom stereocenters. The molecule has 0 saturated heterocycles. The molecule has 3 aromatic rings. The number of nitrogens with two attached hydrogens (primary N) is 1. The minimum Gasteiger partial charge on any atom is -0.462 e. The molecular formula is C24H32FN6O6P. The molecule has 12 nitrogen and oxygen atoms in total. The van der Waals surface area contributed by atoms with Crippen LogP contribution in [0.3, 0.4) is 0 Å². The number of esters is 1. The predicted molar refractivity (Wildman–Crippen MR) is 137 cm³/mol. The van der Waals surface area contributed by atoms with Crippen molar-refractivity contribution in [2.75, 3.05) is 12.3 Å². The van der Waals surface area contributed by atoms with Gasteiger partial charge in [0.05, 0.1) is 31.2 Å². The molecule has 1 aromatic carbocycles. The Labute approximate surface area is 219 Å². The van der Waals surface area contributed by atoms with Crippen LogP contribution in [-0.2, 0) is 18.6 Å². The molecule has 1 fully saturated rings. The van der Waals surface area contributed by atoms with Crippen molar-refractivity contribution in [1.29, 1.82) is 0 Å². The minimum absolute atomic E-state index is 0.158. The number of halogens is 1. The van der Waals surface area contributed by atoms with Crippen LogP contribution < -0.4 is 15.3 Å². The van der Waals surface area contributed by atoms with Gasteiger partial charge in [0.2, 0.25) is 0 Å². The van der Waals surface area contributed by atoms with E-state index in [1.165, 1.54) is 24.1 Å². The Hall–Kier alpha value is -3.12. The third-order valence-electron chi connectivity index (χ3n) is 6.48. The van der Waals surface area contributed by atoms with Crippen LogP contribution in [0, 0.1) is 11.8 Å². The third-order valence-corrected chi connectivity index (χ3v) is 8.12. The SMILES string of the molecule is CC(C)OC(=O)[C@H](C)N[P@](=O)(OC[C@H]1[C@@H](C)[C@@H](n2cnc3c(N)ncnc32)[C@H](F)[C@@H]1O)Oc1ccccc1. The van der Waals surface area contributed by atoms with Crippen molar-refractivity contribution < 1.29 is 32.6 Å². The summed E-state index contributed by atoms with van der Waals surface area (Å²) in [5.74, 6) is -1.53. The molecular weight excluding hydrogens is 518 g/mol. The maximum atomic E-state index is 15.5. The number of hydrogen-bond acceptors (Lipinski definition) is 10. The van der Waals surface area contributed by atoms with Crippen LogP contribution in [-0.4, -0.2) is 61.6 Å². The Morgan fingerprint density at radius 3 is 2.63 bits per heavy atom. The number of nitrogens with one attached hydrogen (secondary N) is 1. The summed E-state index contributed by atoms with van der Waals surface area (Å²) in [5.41, 5.74) is 6.53. The second-order valence-corrected chi connectivity index (χ2v) is 11.3. The summed E-state index contributed by atoms with van der Waals surface area (Å²) in [5, 5.41) is 13.4. The molecule has 1 saturated carbocycles. The first kappa shape index (κ1) is 27.9. The average Bonchev–Trinajstić information content (AvgIpc) is 3.37. The van der Waals surface area contributed by atoms with Crippen molar-refractivity contribution in [3.63, 3.8) is 0 Å². The highest BCUT2D eigenvalue weighted by Gasteiger charge is 2.51. The zero-order valence-electron chi connectivity index (χ0n) is 21.5. The number of aliphatic hydroxyl groups excluding tert-OH is 1. The van der Waals surface area contributed by atoms with Crippen molar-refractivity contribution in [3.8, 4) is 5.75 Å². The Kier molecular flexibility index (Phi) is 8.31. The number of fused-ring (bicyclic) bond motifs is 1. The van der Waals surface area contributed by atoms with Crippen molar-refractivity contribution in [3.05, 3.63) is 43.0 Å². The maximum absolute atomic E-state index is 15.5. The van der Waals surface area contributed by atoms with Gasteiger partial charge in [0.1, 0.15) is 29.8 Å². The number of aliphatic hydroxyl groups is 1. The van der Waals surface area contributed by atoms with E-state index in [1.807, 2.05) is 0 Å². The van der Waals surface area contributed by atoms with Gasteiger partial charge in [-0.25, -0.2) is 23.9 Å². The molecule has 4 rings (SSSR count). The van der Waals surface area contributed by atoms with Crippen molar-refractivity contribution >= 4 is 30.7 Å². The van der Waals surface area contributed by atoms with Crippen LogP contribution in [0.2, 0.25) is 0 Å². The highest BCUT2D eigenvalue weighted by molar-refractivity contribution is 7.52. The summed E-state index contributed by atoms with van der Waals surface area (Å²) in [6, 6.07) is 6.39. The number of nitrogen functional groups attached to an aromatic ring is 1. The van der Waals surface area contributed by atoms with E-state index < -0.39 is 49.9 Å². The minimum atomic E-state index is -4.19. The largest absolute Gasteiger partial charge is 0.462 e. The van der Waals surface area contributed by atoms with Crippen LogP contribution >= 0.6 is 7.75 Å². The Bertz CT molecular complexity index is 1310. The van der Waals surface area contributed by atoms with Crippen LogP contribution in [0.1, 0.15) is 33.7 Å². The molecule has 1 aliphatic carbocycles. The van der Waals surface area contributed by atoms with Gasteiger partial charge in [-0.2, -0.15) is 5.09 Å². The fourth-order valence-corrected chi connectivity index (χ4v) is 6.08. The first-order chi connectivity index (χ1) is 18.0. The van der Waals surface area contributed by atoms with Gasteiger partial charge in [-0.3, -0.25) is 9.32 Å². The van der Waals surface area contributed by atoms with Gasteiger partial charge in [0, 0.05) is 5.92 Å². The third kappa shape index (κ3) is 5.80. The molecule has 2 aromatic heterocycles. The standard InChI is InChI=1S/C24H32FN6O6P/c1-13(2)36-24(33)15(4)30-38(34,37-16-8-6-5-7-9-16)35-10-17-14(3)20(18(25)21(17)32)31-12-29-19-22(26)27-11-28-23(19)31/h5-9,11-15,17-18,20-21,32H,10H2,1-4H3,(H,30,34)(H2,26,27,28)/t14-,15+,17+,18+,20-,21-,38+/m1/s1. The van der Waals surface area contributed by atoms with Gasteiger partial charge in [0.15, 0.2) is 11.5 Å². The topological polar surface area (TPSA) is 164 Å². The molecule has 0 bridgehead atoms. The highest BCUT2D eigenvalue weighted by Crippen LogP contribution is 2.49. The smallest absolute Gasteiger partial charge is 0.459 e. The number of alkyl halides is 1. The summed E-state index contributed by atoms with van der Waals surface area (Å²) >= 11 is 0. The molecule has 1 aliphatic rings. The van der Waals surface area contributed by atoms with Crippen LogP contribution in [0.5, 0.6) is 5.75 Å². The molecule has 0 unspecified atom stereocenters. The van der Waals surface area contributed by atoms with E-state index in [0.29, 0.717) is 11.2 Å². The van der Waals surface area contributed by atoms with Gasteiger partial charge in [-0.1, -0.05) is 25.1 Å². The zero-order chi connectivity index (χ0) is 27.6. The molecule has 4 N–H and O–H groups in total. The summed E-state index contributed by atoms with van der Waals surface area (Å²) < 4.78 is 47.3. The van der Waals surface area contributed by atoms with Gasteiger partial charge in [0.25, 0.3) is 0 Å². The molecule has 0 radical (unpaired) electrons. The monoisotopic (exact) mass is 550 g/mol.